The smallest absolute Gasteiger partial charge is 0.165 e. The molecule has 5 aromatic rings. The van der Waals surface area contributed by atoms with E-state index < -0.39 is 6.10 Å². The van der Waals surface area contributed by atoms with Crippen molar-refractivity contribution in [3.8, 4) is 28.3 Å². The first kappa shape index (κ1) is 27.7. The number of methoxy groups -OCH3 is 1. The quantitative estimate of drug-likeness (QED) is 0.189. The highest BCUT2D eigenvalue weighted by molar-refractivity contribution is 7.99. The van der Waals surface area contributed by atoms with Crippen LogP contribution in [0.15, 0.2) is 65.8 Å². The topological polar surface area (TPSA) is 110 Å². The Hall–Kier alpha value is -3.86. The van der Waals surface area contributed by atoms with Crippen LogP contribution in [0.1, 0.15) is 36.4 Å². The molecule has 0 aliphatic heterocycles. The minimum Gasteiger partial charge on any atom is -0.496 e. The van der Waals surface area contributed by atoms with Crippen LogP contribution in [0.3, 0.4) is 0 Å². The third-order valence-electron chi connectivity index (χ3n) is 6.79. The SMILES string of the molecule is CCC(O)c1cc(NCc2cccc(-c3nccn3C)c2)n2nc(C)c(-c3ccc(OC)c(SCCO)c3)c2n1. The predicted molar refractivity (Wildman–Crippen MR) is 159 cm³/mol. The number of thioether (sulfide) groups is 1. The monoisotopic (exact) mass is 558 g/mol. The summed E-state index contributed by atoms with van der Waals surface area (Å²) in [6, 6.07) is 16.1. The maximum Gasteiger partial charge on any atom is 0.165 e. The fraction of sp³-hybridized carbons (Fsp3) is 0.300. The number of rotatable bonds is 11. The zero-order valence-electron chi connectivity index (χ0n) is 23.1. The van der Waals surface area contributed by atoms with Crippen molar-refractivity contribution in [3.63, 3.8) is 0 Å². The Morgan fingerprint density at radius 1 is 1.12 bits per heavy atom. The summed E-state index contributed by atoms with van der Waals surface area (Å²) in [6.45, 7) is 4.53. The van der Waals surface area contributed by atoms with Crippen molar-refractivity contribution >= 4 is 23.2 Å². The summed E-state index contributed by atoms with van der Waals surface area (Å²) in [5.41, 5.74) is 6.03. The van der Waals surface area contributed by atoms with E-state index in [0.29, 0.717) is 30.1 Å². The van der Waals surface area contributed by atoms with Gasteiger partial charge in [0.25, 0.3) is 0 Å². The van der Waals surface area contributed by atoms with E-state index in [4.69, 9.17) is 14.8 Å². The maximum absolute atomic E-state index is 10.8. The molecule has 40 heavy (non-hydrogen) atoms. The van der Waals surface area contributed by atoms with Crippen LogP contribution in [0.2, 0.25) is 0 Å². The largest absolute Gasteiger partial charge is 0.496 e. The lowest BCUT2D eigenvalue weighted by Gasteiger charge is -2.14. The van der Waals surface area contributed by atoms with Gasteiger partial charge in [0.2, 0.25) is 0 Å². The molecule has 5 rings (SSSR count). The first-order chi connectivity index (χ1) is 19.4. The van der Waals surface area contributed by atoms with Gasteiger partial charge in [-0.2, -0.15) is 9.61 Å². The average Bonchev–Trinajstić information content (AvgIpc) is 3.56. The number of nitrogens with zero attached hydrogens (tertiary/aromatic N) is 5. The van der Waals surface area contributed by atoms with Crippen molar-refractivity contribution in [2.75, 3.05) is 24.8 Å². The number of hydrogen-bond donors (Lipinski definition) is 3. The van der Waals surface area contributed by atoms with E-state index in [1.165, 1.54) is 11.8 Å². The molecule has 3 N–H and O–H groups in total. The molecule has 208 valence electrons. The Morgan fingerprint density at radius 3 is 2.70 bits per heavy atom. The number of aliphatic hydroxyl groups excluding tert-OH is 2. The van der Waals surface area contributed by atoms with Gasteiger partial charge in [-0.3, -0.25) is 0 Å². The first-order valence-corrected chi connectivity index (χ1v) is 14.2. The molecular weight excluding hydrogens is 524 g/mol. The molecule has 0 amide bonds. The molecule has 0 aliphatic carbocycles. The lowest BCUT2D eigenvalue weighted by atomic mass is 10.1. The molecule has 0 radical (unpaired) electrons. The van der Waals surface area contributed by atoms with E-state index in [-0.39, 0.29) is 6.61 Å². The number of benzene rings is 2. The molecule has 9 nitrogen and oxygen atoms in total. The second-order valence-electron chi connectivity index (χ2n) is 9.54. The Labute approximate surface area is 237 Å². The zero-order valence-corrected chi connectivity index (χ0v) is 23.9. The van der Waals surface area contributed by atoms with Gasteiger partial charge in [-0.15, -0.1) is 11.8 Å². The average molecular weight is 559 g/mol. The van der Waals surface area contributed by atoms with E-state index in [2.05, 4.69) is 28.5 Å². The van der Waals surface area contributed by atoms with E-state index in [1.54, 1.807) is 13.3 Å². The summed E-state index contributed by atoms with van der Waals surface area (Å²) in [5, 5.41) is 28.5. The molecule has 3 aromatic heterocycles. The Bertz CT molecular complexity index is 1630. The minimum absolute atomic E-state index is 0.0766. The number of anilines is 1. The van der Waals surface area contributed by atoms with Gasteiger partial charge >= 0.3 is 0 Å². The van der Waals surface area contributed by atoms with Crippen LogP contribution in [0.4, 0.5) is 5.82 Å². The van der Waals surface area contributed by atoms with Crippen LogP contribution in [0.5, 0.6) is 5.75 Å². The normalized spacial score (nSPS) is 12.2. The number of nitrogens with one attached hydrogen (secondary N) is 1. The van der Waals surface area contributed by atoms with Crippen LogP contribution in [0, 0.1) is 6.92 Å². The molecule has 2 aromatic carbocycles. The summed E-state index contributed by atoms with van der Waals surface area (Å²) in [5.74, 6) is 2.97. The fourth-order valence-electron chi connectivity index (χ4n) is 4.74. The highest BCUT2D eigenvalue weighted by Gasteiger charge is 2.20. The van der Waals surface area contributed by atoms with Crippen LogP contribution < -0.4 is 10.1 Å². The lowest BCUT2D eigenvalue weighted by Crippen LogP contribution is -2.09. The van der Waals surface area contributed by atoms with Gasteiger partial charge in [0.15, 0.2) is 5.65 Å². The molecule has 10 heteroatoms. The van der Waals surface area contributed by atoms with Gasteiger partial charge < -0.3 is 24.8 Å². The van der Waals surface area contributed by atoms with Gasteiger partial charge in [-0.25, -0.2) is 9.97 Å². The van der Waals surface area contributed by atoms with E-state index in [0.717, 1.165) is 50.2 Å². The third kappa shape index (κ3) is 5.56. The van der Waals surface area contributed by atoms with E-state index in [9.17, 15) is 10.2 Å². The van der Waals surface area contributed by atoms with Crippen LogP contribution in [-0.4, -0.2) is 53.8 Å². The van der Waals surface area contributed by atoms with Gasteiger partial charge in [0.1, 0.15) is 17.4 Å². The summed E-state index contributed by atoms with van der Waals surface area (Å²) in [4.78, 5) is 10.3. The van der Waals surface area contributed by atoms with Crippen LogP contribution in [0.25, 0.3) is 28.2 Å². The second kappa shape index (κ2) is 12.1. The van der Waals surface area contributed by atoms with Gasteiger partial charge in [-0.05, 0) is 42.7 Å². The number of ether oxygens (including phenoxy) is 1. The van der Waals surface area contributed by atoms with Crippen LogP contribution >= 0.6 is 11.8 Å². The van der Waals surface area contributed by atoms with Crippen LogP contribution in [-0.2, 0) is 13.6 Å². The number of aliphatic hydroxyl groups is 2. The lowest BCUT2D eigenvalue weighted by molar-refractivity contribution is 0.169. The Morgan fingerprint density at radius 2 is 1.98 bits per heavy atom. The number of hydrogen-bond acceptors (Lipinski definition) is 8. The molecule has 0 bridgehead atoms. The summed E-state index contributed by atoms with van der Waals surface area (Å²) in [6.07, 6.45) is 3.57. The number of imidazole rings is 1. The highest BCUT2D eigenvalue weighted by Crippen LogP contribution is 2.37. The second-order valence-corrected chi connectivity index (χ2v) is 10.7. The maximum atomic E-state index is 10.8. The van der Waals surface area contributed by atoms with Crippen molar-refractivity contribution in [1.82, 2.24) is 24.1 Å². The molecule has 0 spiro atoms. The zero-order chi connectivity index (χ0) is 28.2. The summed E-state index contributed by atoms with van der Waals surface area (Å²) >= 11 is 1.53. The minimum atomic E-state index is -0.702. The van der Waals surface area contributed by atoms with Crippen molar-refractivity contribution in [2.24, 2.45) is 7.05 Å². The van der Waals surface area contributed by atoms with Gasteiger partial charge in [-0.1, -0.05) is 31.2 Å². The predicted octanol–water partition coefficient (Wildman–Crippen LogP) is 5.25. The molecule has 0 aliphatic rings. The third-order valence-corrected chi connectivity index (χ3v) is 7.81. The van der Waals surface area contributed by atoms with Crippen molar-refractivity contribution in [1.29, 1.82) is 0 Å². The van der Waals surface area contributed by atoms with Crippen molar-refractivity contribution in [2.45, 2.75) is 37.8 Å². The molecule has 1 atom stereocenters. The van der Waals surface area contributed by atoms with Gasteiger partial charge in [0.05, 0.1) is 36.1 Å². The first-order valence-electron chi connectivity index (χ1n) is 13.2. The Kier molecular flexibility index (Phi) is 8.39. The highest BCUT2D eigenvalue weighted by atomic mass is 32.2. The summed E-state index contributed by atoms with van der Waals surface area (Å²) in [7, 11) is 3.62. The molecule has 0 fully saturated rings. The number of aromatic nitrogens is 5. The Balaban J connectivity index is 1.55. The van der Waals surface area contributed by atoms with E-state index in [1.807, 2.05) is 66.5 Å². The molecule has 0 saturated carbocycles. The standard InChI is InChI=1S/C30H34N6O3S/c1-5-24(38)23-17-27(32-18-20-7-6-8-22(15-20)29-31-11-12-35(29)3)36-30(33-23)28(19(2)34-36)21-9-10-25(39-4)26(16-21)40-14-13-37/h6-12,15-17,24,32,37-38H,5,13-14,18H2,1-4H3. The van der Waals surface area contributed by atoms with Crippen molar-refractivity contribution < 1.29 is 14.9 Å². The summed E-state index contributed by atoms with van der Waals surface area (Å²) < 4.78 is 9.35. The van der Waals surface area contributed by atoms with Gasteiger partial charge in [0, 0.05) is 48.9 Å². The number of aryl methyl sites for hydroxylation is 2. The molecule has 1 unspecified atom stereocenters. The molecule has 3 heterocycles. The van der Waals surface area contributed by atoms with E-state index >= 15 is 0 Å². The number of fused-ring (bicyclic) bond motifs is 1. The molecular formula is C30H34N6O3S. The fourth-order valence-corrected chi connectivity index (χ4v) is 5.56. The van der Waals surface area contributed by atoms with Crippen molar-refractivity contribution in [3.05, 3.63) is 77.9 Å². The molecule has 0 saturated heterocycles.